The topological polar surface area (TPSA) is 39.9 Å². The van der Waals surface area contributed by atoms with Crippen LogP contribution in [0.1, 0.15) is 43.6 Å². The fourth-order valence-electron chi connectivity index (χ4n) is 2.70. The van der Waals surface area contributed by atoms with Crippen LogP contribution in [0, 0.1) is 5.82 Å². The third kappa shape index (κ3) is 4.89. The zero-order valence-electron chi connectivity index (χ0n) is 15.9. The van der Waals surface area contributed by atoms with Crippen molar-refractivity contribution >= 4 is 11.8 Å². The highest BCUT2D eigenvalue weighted by atomic mass is 32.2. The summed E-state index contributed by atoms with van der Waals surface area (Å²) in [5.74, 6) is 2.40. The Morgan fingerprint density at radius 3 is 2.48 bits per heavy atom. The molecule has 0 amide bonds. The fourth-order valence-corrected chi connectivity index (χ4v) is 3.71. The molecule has 2 aromatic carbocycles. The van der Waals surface area contributed by atoms with Gasteiger partial charge in [-0.1, -0.05) is 55.9 Å². The minimum Gasteiger partial charge on any atom is -0.486 e. The Morgan fingerprint density at radius 1 is 1.07 bits per heavy atom. The van der Waals surface area contributed by atoms with Gasteiger partial charge in [-0.25, -0.2) is 4.39 Å². The molecule has 6 heteroatoms. The lowest BCUT2D eigenvalue weighted by Gasteiger charge is -2.10. The lowest BCUT2D eigenvalue weighted by molar-refractivity contribution is 0.288. The molecule has 0 saturated carbocycles. The Bertz CT molecular complexity index is 877. The van der Waals surface area contributed by atoms with E-state index in [2.05, 4.69) is 36.2 Å². The van der Waals surface area contributed by atoms with Crippen molar-refractivity contribution in [3.05, 3.63) is 71.3 Å². The summed E-state index contributed by atoms with van der Waals surface area (Å²) < 4.78 is 21.7. The molecule has 1 aromatic heterocycles. The summed E-state index contributed by atoms with van der Waals surface area (Å²) in [5.41, 5.74) is 1.95. The van der Waals surface area contributed by atoms with Crippen LogP contribution in [0.25, 0.3) is 0 Å². The first-order chi connectivity index (χ1) is 13.1. The molecule has 27 heavy (non-hydrogen) atoms. The Balaban J connectivity index is 1.64. The van der Waals surface area contributed by atoms with Crippen LogP contribution in [-0.2, 0) is 18.9 Å². The van der Waals surface area contributed by atoms with Crippen LogP contribution in [0.4, 0.5) is 4.39 Å². The van der Waals surface area contributed by atoms with Gasteiger partial charge >= 0.3 is 0 Å². The number of rotatable bonds is 8. The number of benzene rings is 2. The molecule has 0 unspecified atom stereocenters. The van der Waals surface area contributed by atoms with E-state index in [1.807, 2.05) is 29.7 Å². The molecule has 0 radical (unpaired) electrons. The summed E-state index contributed by atoms with van der Waals surface area (Å²) >= 11 is 1.48. The average molecular weight is 386 g/mol. The van der Waals surface area contributed by atoms with Crippen molar-refractivity contribution in [3.8, 4) is 5.75 Å². The first-order valence-corrected chi connectivity index (χ1v) is 10.1. The van der Waals surface area contributed by atoms with E-state index in [0.29, 0.717) is 23.8 Å². The van der Waals surface area contributed by atoms with Crippen molar-refractivity contribution in [2.24, 2.45) is 0 Å². The quantitative estimate of drug-likeness (QED) is 0.485. The maximum Gasteiger partial charge on any atom is 0.191 e. The van der Waals surface area contributed by atoms with Gasteiger partial charge in [-0.15, -0.1) is 10.2 Å². The van der Waals surface area contributed by atoms with E-state index in [1.54, 1.807) is 12.1 Å². The maximum atomic E-state index is 13.8. The molecule has 1 heterocycles. The minimum atomic E-state index is -0.194. The molecule has 0 N–H and O–H groups in total. The van der Waals surface area contributed by atoms with E-state index in [9.17, 15) is 4.39 Å². The highest BCUT2D eigenvalue weighted by Gasteiger charge is 2.13. The third-order valence-corrected chi connectivity index (χ3v) is 5.35. The zero-order valence-corrected chi connectivity index (χ0v) is 16.7. The monoisotopic (exact) mass is 385 g/mol. The molecule has 3 aromatic rings. The number of thioether (sulfide) groups is 1. The van der Waals surface area contributed by atoms with Gasteiger partial charge in [-0.3, -0.25) is 0 Å². The maximum absolute atomic E-state index is 13.8. The van der Waals surface area contributed by atoms with Crippen LogP contribution >= 0.6 is 11.8 Å². The van der Waals surface area contributed by atoms with Crippen molar-refractivity contribution in [1.82, 2.24) is 14.8 Å². The van der Waals surface area contributed by atoms with Gasteiger partial charge in [0, 0.05) is 12.3 Å². The van der Waals surface area contributed by atoms with Crippen molar-refractivity contribution < 1.29 is 9.13 Å². The van der Waals surface area contributed by atoms with Crippen LogP contribution in [0.2, 0.25) is 0 Å². The van der Waals surface area contributed by atoms with Crippen LogP contribution in [0.15, 0.2) is 53.7 Å². The predicted octanol–water partition coefficient (Wildman–Crippen LogP) is 5.43. The van der Waals surface area contributed by atoms with Crippen LogP contribution in [0.5, 0.6) is 5.75 Å². The summed E-state index contributed by atoms with van der Waals surface area (Å²) in [7, 11) is 0. The SMILES string of the molecule is CCn1c(COc2ccc(C(C)C)cc2)nnc1SCc1ccccc1F. The molecule has 0 spiro atoms. The largest absolute Gasteiger partial charge is 0.486 e. The van der Waals surface area contributed by atoms with Crippen molar-refractivity contribution in [1.29, 1.82) is 0 Å². The first-order valence-electron chi connectivity index (χ1n) is 9.09. The van der Waals surface area contributed by atoms with E-state index >= 15 is 0 Å². The van der Waals surface area contributed by atoms with Gasteiger partial charge in [0.05, 0.1) is 0 Å². The molecule has 0 atom stereocenters. The van der Waals surface area contributed by atoms with Crippen LogP contribution < -0.4 is 4.74 Å². The summed E-state index contributed by atoms with van der Waals surface area (Å²) in [6, 6.07) is 14.9. The molecule has 0 aliphatic rings. The molecule has 0 aliphatic heterocycles. The van der Waals surface area contributed by atoms with E-state index in [1.165, 1.54) is 23.4 Å². The van der Waals surface area contributed by atoms with Gasteiger partial charge in [0.2, 0.25) is 0 Å². The van der Waals surface area contributed by atoms with Crippen LogP contribution in [-0.4, -0.2) is 14.8 Å². The molecule has 0 saturated heterocycles. The zero-order chi connectivity index (χ0) is 19.2. The standard InChI is InChI=1S/C21H24FN3OS/c1-4-25-20(13-26-18-11-9-16(10-12-18)15(2)3)23-24-21(25)27-14-17-7-5-6-8-19(17)22/h5-12,15H,4,13-14H2,1-3H3. The number of nitrogens with zero attached hydrogens (tertiary/aromatic N) is 3. The first kappa shape index (κ1) is 19.4. The van der Waals surface area contributed by atoms with Crippen molar-refractivity contribution in [2.75, 3.05) is 0 Å². The predicted molar refractivity (Wildman–Crippen MR) is 107 cm³/mol. The highest BCUT2D eigenvalue weighted by Crippen LogP contribution is 2.24. The number of hydrogen-bond donors (Lipinski definition) is 0. The molecule has 142 valence electrons. The van der Waals surface area contributed by atoms with E-state index in [-0.39, 0.29) is 5.82 Å². The fraction of sp³-hybridized carbons (Fsp3) is 0.333. The highest BCUT2D eigenvalue weighted by molar-refractivity contribution is 7.98. The van der Waals surface area contributed by atoms with Crippen molar-refractivity contribution in [3.63, 3.8) is 0 Å². The number of ether oxygens (including phenoxy) is 1. The van der Waals surface area contributed by atoms with Gasteiger partial charge in [0.15, 0.2) is 11.0 Å². The number of aromatic nitrogens is 3. The van der Waals surface area contributed by atoms with Gasteiger partial charge in [-0.2, -0.15) is 0 Å². The van der Waals surface area contributed by atoms with Gasteiger partial charge in [0.25, 0.3) is 0 Å². The minimum absolute atomic E-state index is 0.194. The second kappa shape index (κ2) is 9.04. The van der Waals surface area contributed by atoms with Crippen LogP contribution in [0.3, 0.4) is 0 Å². The second-order valence-corrected chi connectivity index (χ2v) is 7.48. The average Bonchev–Trinajstić information content (AvgIpc) is 3.08. The summed E-state index contributed by atoms with van der Waals surface area (Å²) in [4.78, 5) is 0. The van der Waals surface area contributed by atoms with Gasteiger partial charge in [0.1, 0.15) is 18.2 Å². The number of halogens is 1. The Hall–Kier alpha value is -2.34. The second-order valence-electron chi connectivity index (χ2n) is 6.54. The molecule has 0 fully saturated rings. The van der Waals surface area contributed by atoms with Gasteiger partial charge in [-0.05, 0) is 42.2 Å². The number of hydrogen-bond acceptors (Lipinski definition) is 4. The lowest BCUT2D eigenvalue weighted by Crippen LogP contribution is -2.07. The molecular weight excluding hydrogens is 361 g/mol. The Labute approximate surface area is 163 Å². The smallest absolute Gasteiger partial charge is 0.191 e. The third-order valence-electron chi connectivity index (χ3n) is 4.34. The van der Waals surface area contributed by atoms with E-state index in [0.717, 1.165) is 23.3 Å². The normalized spacial score (nSPS) is 11.1. The molecule has 4 nitrogen and oxygen atoms in total. The summed E-state index contributed by atoms with van der Waals surface area (Å²) in [6.45, 7) is 7.46. The Kier molecular flexibility index (Phi) is 6.50. The Morgan fingerprint density at radius 2 is 1.81 bits per heavy atom. The van der Waals surface area contributed by atoms with E-state index < -0.39 is 0 Å². The summed E-state index contributed by atoms with van der Waals surface area (Å²) in [6.07, 6.45) is 0. The lowest BCUT2D eigenvalue weighted by atomic mass is 10.0. The van der Waals surface area contributed by atoms with Crippen molar-refractivity contribution in [2.45, 2.75) is 50.8 Å². The molecule has 0 bridgehead atoms. The van der Waals surface area contributed by atoms with Gasteiger partial charge < -0.3 is 9.30 Å². The summed E-state index contributed by atoms with van der Waals surface area (Å²) in [5, 5.41) is 9.28. The molecule has 0 aliphatic carbocycles. The molecule has 3 rings (SSSR count). The molecular formula is C21H24FN3OS. The van der Waals surface area contributed by atoms with E-state index in [4.69, 9.17) is 4.74 Å².